The van der Waals surface area contributed by atoms with Crippen molar-refractivity contribution < 1.29 is 12.8 Å². The molecule has 0 aliphatic carbocycles. The highest BCUT2D eigenvalue weighted by Gasteiger charge is 2.41. The lowest BCUT2D eigenvalue weighted by molar-refractivity contribution is 0.178. The first-order chi connectivity index (χ1) is 13.8. The molecule has 1 N–H and O–H groups in total. The SMILES string of the molecule is Cc1cc(F)ccc1N1c2ccccc2N(CCN2C[C@@H](C)N[C@@H](C)C2)S1(=O)=O. The number of piperazine rings is 1. The second-order valence-corrected chi connectivity index (χ2v) is 9.69. The number of hydrogen-bond donors (Lipinski definition) is 1. The summed E-state index contributed by atoms with van der Waals surface area (Å²) in [6.07, 6.45) is 0. The molecular weight excluding hydrogens is 391 g/mol. The molecule has 4 rings (SSSR count). The zero-order valence-electron chi connectivity index (χ0n) is 17.0. The van der Waals surface area contributed by atoms with Crippen LogP contribution in [0.25, 0.3) is 0 Å². The predicted molar refractivity (Wildman–Crippen MR) is 114 cm³/mol. The van der Waals surface area contributed by atoms with E-state index in [0.29, 0.717) is 47.8 Å². The molecule has 0 saturated carbocycles. The Morgan fingerprint density at radius 1 is 1.00 bits per heavy atom. The van der Waals surface area contributed by atoms with Crippen molar-refractivity contribution in [3.63, 3.8) is 0 Å². The molecule has 0 radical (unpaired) electrons. The second-order valence-electron chi connectivity index (χ2n) is 7.99. The van der Waals surface area contributed by atoms with Crippen LogP contribution in [0.2, 0.25) is 0 Å². The molecular formula is C21H27FN4O2S. The number of aryl methyl sites for hydroxylation is 1. The lowest BCUT2D eigenvalue weighted by Gasteiger charge is -2.36. The van der Waals surface area contributed by atoms with E-state index in [2.05, 4.69) is 24.1 Å². The Bertz CT molecular complexity index is 1000. The number of nitrogens with zero attached hydrogens (tertiary/aromatic N) is 3. The average molecular weight is 419 g/mol. The maximum atomic E-state index is 13.6. The van der Waals surface area contributed by atoms with Crippen LogP contribution in [-0.4, -0.2) is 51.6 Å². The van der Waals surface area contributed by atoms with Gasteiger partial charge in [-0.3, -0.25) is 4.90 Å². The van der Waals surface area contributed by atoms with Crippen molar-refractivity contribution >= 4 is 27.3 Å². The van der Waals surface area contributed by atoms with E-state index in [0.717, 1.165) is 13.1 Å². The van der Waals surface area contributed by atoms with Crippen molar-refractivity contribution in [1.82, 2.24) is 10.2 Å². The highest BCUT2D eigenvalue weighted by Crippen LogP contribution is 2.45. The molecule has 2 heterocycles. The van der Waals surface area contributed by atoms with Crippen LogP contribution in [-0.2, 0) is 10.2 Å². The zero-order valence-corrected chi connectivity index (χ0v) is 17.8. The van der Waals surface area contributed by atoms with Crippen molar-refractivity contribution in [2.45, 2.75) is 32.9 Å². The number of fused-ring (bicyclic) bond motifs is 1. The number of nitrogens with one attached hydrogen (secondary N) is 1. The third kappa shape index (κ3) is 3.72. The summed E-state index contributed by atoms with van der Waals surface area (Å²) in [5.74, 6) is -0.380. The van der Waals surface area contributed by atoms with Gasteiger partial charge in [-0.05, 0) is 56.7 Å². The first-order valence-corrected chi connectivity index (χ1v) is 11.3. The summed E-state index contributed by atoms with van der Waals surface area (Å²) in [5.41, 5.74) is 2.32. The number of benzene rings is 2. The summed E-state index contributed by atoms with van der Waals surface area (Å²) in [7, 11) is -3.80. The van der Waals surface area contributed by atoms with Crippen LogP contribution in [0.3, 0.4) is 0 Å². The highest BCUT2D eigenvalue weighted by atomic mass is 32.2. The van der Waals surface area contributed by atoms with Gasteiger partial charge >= 0.3 is 10.2 Å². The summed E-state index contributed by atoms with van der Waals surface area (Å²) in [5, 5.41) is 3.50. The van der Waals surface area contributed by atoms with E-state index in [9.17, 15) is 12.8 Å². The second kappa shape index (κ2) is 7.59. The zero-order chi connectivity index (χ0) is 20.8. The van der Waals surface area contributed by atoms with E-state index in [-0.39, 0.29) is 5.82 Å². The standard InChI is InChI=1S/C21H27FN4O2S/c1-15-12-18(22)8-9-19(15)26-21-7-5-4-6-20(21)25(29(26,27)28)11-10-24-13-16(2)23-17(3)14-24/h4-9,12,16-17,23H,10-11,13-14H2,1-3H3/t16-,17+. The molecule has 1 saturated heterocycles. The number of halogens is 1. The van der Waals surface area contributed by atoms with E-state index in [1.807, 2.05) is 18.2 Å². The van der Waals surface area contributed by atoms with Crippen molar-refractivity contribution in [3.8, 4) is 0 Å². The first-order valence-electron chi connectivity index (χ1n) is 9.94. The van der Waals surface area contributed by atoms with Gasteiger partial charge in [0, 0.05) is 38.3 Å². The smallest absolute Gasteiger partial charge is 0.309 e. The van der Waals surface area contributed by atoms with Crippen LogP contribution >= 0.6 is 0 Å². The summed E-state index contributed by atoms with van der Waals surface area (Å²) < 4.78 is 43.4. The molecule has 8 heteroatoms. The molecule has 2 atom stereocenters. The molecule has 0 aromatic heterocycles. The maximum Gasteiger partial charge on any atom is 0.331 e. The Morgan fingerprint density at radius 2 is 1.66 bits per heavy atom. The minimum absolute atomic E-state index is 0.371. The fourth-order valence-electron chi connectivity index (χ4n) is 4.39. The van der Waals surface area contributed by atoms with Gasteiger partial charge < -0.3 is 5.32 Å². The Balaban J connectivity index is 1.65. The molecule has 2 aromatic carbocycles. The van der Waals surface area contributed by atoms with E-state index < -0.39 is 10.2 Å². The maximum absolute atomic E-state index is 13.6. The van der Waals surface area contributed by atoms with E-state index >= 15 is 0 Å². The minimum Gasteiger partial charge on any atom is -0.309 e. The lowest BCUT2D eigenvalue weighted by atomic mass is 10.1. The van der Waals surface area contributed by atoms with Crippen LogP contribution < -0.4 is 13.9 Å². The molecule has 0 spiro atoms. The van der Waals surface area contributed by atoms with E-state index in [1.54, 1.807) is 13.0 Å². The van der Waals surface area contributed by atoms with Crippen LogP contribution in [0.4, 0.5) is 21.5 Å². The Labute approximate surface area is 172 Å². The predicted octanol–water partition coefficient (Wildman–Crippen LogP) is 3.02. The summed E-state index contributed by atoms with van der Waals surface area (Å²) in [6, 6.07) is 12.2. The van der Waals surface area contributed by atoms with Gasteiger partial charge in [0.2, 0.25) is 0 Å². The molecule has 6 nitrogen and oxygen atoms in total. The summed E-state index contributed by atoms with van der Waals surface area (Å²) in [6.45, 7) is 8.81. The number of para-hydroxylation sites is 2. The Hall–Kier alpha value is -2.16. The third-order valence-electron chi connectivity index (χ3n) is 5.51. The van der Waals surface area contributed by atoms with E-state index in [1.165, 1.54) is 26.8 Å². The van der Waals surface area contributed by atoms with Crippen LogP contribution in [0.1, 0.15) is 19.4 Å². The quantitative estimate of drug-likeness (QED) is 0.829. The lowest BCUT2D eigenvalue weighted by Crippen LogP contribution is -2.55. The van der Waals surface area contributed by atoms with Gasteiger partial charge in [0.05, 0.1) is 17.1 Å². The monoisotopic (exact) mass is 418 g/mol. The van der Waals surface area contributed by atoms with Crippen molar-refractivity contribution in [2.24, 2.45) is 0 Å². The van der Waals surface area contributed by atoms with Gasteiger partial charge in [-0.1, -0.05) is 12.1 Å². The normalized spacial score (nSPS) is 24.0. The average Bonchev–Trinajstić information content (AvgIpc) is 2.86. The Kier molecular flexibility index (Phi) is 5.27. The molecule has 0 unspecified atom stereocenters. The molecule has 2 aromatic rings. The number of hydrogen-bond acceptors (Lipinski definition) is 4. The minimum atomic E-state index is -3.80. The fraction of sp³-hybridized carbons (Fsp3) is 0.429. The first kappa shape index (κ1) is 20.1. The molecule has 29 heavy (non-hydrogen) atoms. The Morgan fingerprint density at radius 3 is 2.31 bits per heavy atom. The number of anilines is 3. The van der Waals surface area contributed by atoms with Gasteiger partial charge in [-0.2, -0.15) is 8.42 Å². The third-order valence-corrected chi connectivity index (χ3v) is 7.30. The van der Waals surface area contributed by atoms with Gasteiger partial charge in [0.25, 0.3) is 0 Å². The summed E-state index contributed by atoms with van der Waals surface area (Å²) >= 11 is 0. The molecule has 0 bridgehead atoms. The van der Waals surface area contributed by atoms with Crippen LogP contribution in [0, 0.1) is 12.7 Å². The van der Waals surface area contributed by atoms with Gasteiger partial charge in [0.1, 0.15) is 5.82 Å². The molecule has 1 fully saturated rings. The van der Waals surface area contributed by atoms with Gasteiger partial charge in [-0.25, -0.2) is 13.0 Å². The number of rotatable bonds is 4. The van der Waals surface area contributed by atoms with Crippen molar-refractivity contribution in [1.29, 1.82) is 0 Å². The fourth-order valence-corrected chi connectivity index (χ4v) is 6.15. The van der Waals surface area contributed by atoms with Crippen molar-refractivity contribution in [3.05, 3.63) is 53.8 Å². The topological polar surface area (TPSA) is 55.9 Å². The highest BCUT2D eigenvalue weighted by molar-refractivity contribution is 7.95. The molecule has 2 aliphatic rings. The van der Waals surface area contributed by atoms with E-state index in [4.69, 9.17) is 0 Å². The van der Waals surface area contributed by atoms with Crippen molar-refractivity contribution in [2.75, 3.05) is 34.8 Å². The van der Waals surface area contributed by atoms with Crippen LogP contribution in [0.15, 0.2) is 42.5 Å². The van der Waals surface area contributed by atoms with Gasteiger partial charge in [-0.15, -0.1) is 0 Å². The molecule has 0 amide bonds. The summed E-state index contributed by atoms with van der Waals surface area (Å²) in [4.78, 5) is 2.30. The molecule has 2 aliphatic heterocycles. The van der Waals surface area contributed by atoms with Gasteiger partial charge in [0.15, 0.2) is 0 Å². The van der Waals surface area contributed by atoms with Crippen LogP contribution in [0.5, 0.6) is 0 Å². The molecule has 156 valence electrons. The largest absolute Gasteiger partial charge is 0.331 e.